The molecule has 5 nitrogen and oxygen atoms in total. The Morgan fingerprint density at radius 3 is 2.43 bits per heavy atom. The zero-order chi connectivity index (χ0) is 15.7. The van der Waals surface area contributed by atoms with E-state index in [1.807, 2.05) is 6.07 Å². The Bertz CT molecular complexity index is 674. The molecule has 0 spiro atoms. The predicted molar refractivity (Wildman–Crippen MR) is 78.5 cm³/mol. The Balaban J connectivity index is 2.77. The number of aromatic hydroxyl groups is 1. The van der Waals surface area contributed by atoms with Crippen LogP contribution in [0.4, 0.5) is 0 Å². The monoisotopic (exact) mass is 288 g/mol. The summed E-state index contributed by atoms with van der Waals surface area (Å²) in [5.74, 6) is -0.828. The minimum atomic E-state index is -0.486. The Morgan fingerprint density at radius 2 is 1.95 bits per heavy atom. The van der Waals surface area contributed by atoms with Gasteiger partial charge < -0.3 is 5.11 Å². The molecule has 1 aliphatic rings. The van der Waals surface area contributed by atoms with Gasteiger partial charge in [-0.05, 0) is 25.3 Å². The molecular formula is C16H20N2O3. The SMILES string of the molecule is Cc1c(C(=O)C(C)C)c(O)n(C2CCCC2)c(=O)c1C#N. The highest BCUT2D eigenvalue weighted by molar-refractivity contribution is 6.01. The molecule has 5 heteroatoms. The summed E-state index contributed by atoms with van der Waals surface area (Å²) in [6.07, 6.45) is 3.55. The summed E-state index contributed by atoms with van der Waals surface area (Å²) in [5.41, 5.74) is -0.121. The van der Waals surface area contributed by atoms with E-state index in [1.165, 1.54) is 4.57 Å². The quantitative estimate of drug-likeness (QED) is 0.867. The molecule has 1 heterocycles. The number of nitrogens with zero attached hydrogens (tertiary/aromatic N) is 2. The Labute approximate surface area is 123 Å². The van der Waals surface area contributed by atoms with Crippen LogP contribution in [-0.4, -0.2) is 15.5 Å². The summed E-state index contributed by atoms with van der Waals surface area (Å²) in [4.78, 5) is 24.8. The number of aromatic nitrogens is 1. The average Bonchev–Trinajstić information content (AvgIpc) is 2.92. The molecule has 1 N–H and O–H groups in total. The van der Waals surface area contributed by atoms with Crippen molar-refractivity contribution in [1.29, 1.82) is 5.26 Å². The molecule has 112 valence electrons. The number of nitriles is 1. The average molecular weight is 288 g/mol. The standard InChI is InChI=1S/C16H20N2O3/c1-9(2)14(19)13-10(3)12(8-17)15(20)18(16(13)21)11-6-4-5-7-11/h9,11,21H,4-7H2,1-3H3. The molecule has 2 rings (SSSR count). The van der Waals surface area contributed by atoms with Gasteiger partial charge in [0.05, 0.1) is 5.56 Å². The number of Topliss-reactive ketones (excluding diaryl/α,β-unsaturated/α-hetero) is 1. The number of pyridine rings is 1. The van der Waals surface area contributed by atoms with E-state index in [4.69, 9.17) is 0 Å². The molecule has 0 unspecified atom stereocenters. The van der Waals surface area contributed by atoms with Gasteiger partial charge in [-0.25, -0.2) is 0 Å². The first kappa shape index (κ1) is 15.3. The molecule has 0 aromatic carbocycles. The smallest absolute Gasteiger partial charge is 0.271 e. The van der Waals surface area contributed by atoms with Gasteiger partial charge in [0.1, 0.15) is 11.6 Å². The molecule has 0 amide bonds. The molecule has 1 aromatic rings. The zero-order valence-electron chi connectivity index (χ0n) is 12.6. The number of carbonyl (C=O) groups is 1. The van der Waals surface area contributed by atoms with Gasteiger partial charge in [0, 0.05) is 12.0 Å². The zero-order valence-corrected chi connectivity index (χ0v) is 12.6. The van der Waals surface area contributed by atoms with Gasteiger partial charge in [0.15, 0.2) is 5.78 Å². The van der Waals surface area contributed by atoms with Crippen LogP contribution in [0.2, 0.25) is 0 Å². The largest absolute Gasteiger partial charge is 0.494 e. The maximum Gasteiger partial charge on any atom is 0.271 e. The van der Waals surface area contributed by atoms with Crippen molar-refractivity contribution in [3.05, 3.63) is 27.0 Å². The molecule has 0 aliphatic heterocycles. The maximum atomic E-state index is 12.4. The van der Waals surface area contributed by atoms with Crippen molar-refractivity contribution in [1.82, 2.24) is 4.57 Å². The molecule has 21 heavy (non-hydrogen) atoms. The number of hydrogen-bond donors (Lipinski definition) is 1. The molecule has 1 fully saturated rings. The fraction of sp³-hybridized carbons (Fsp3) is 0.562. The van der Waals surface area contributed by atoms with Gasteiger partial charge in [-0.1, -0.05) is 26.7 Å². The molecule has 1 aliphatic carbocycles. The van der Waals surface area contributed by atoms with Crippen LogP contribution in [0.5, 0.6) is 5.88 Å². The lowest BCUT2D eigenvalue weighted by Gasteiger charge is -2.20. The molecule has 0 atom stereocenters. The minimum Gasteiger partial charge on any atom is -0.494 e. The summed E-state index contributed by atoms with van der Waals surface area (Å²) < 4.78 is 1.26. The van der Waals surface area contributed by atoms with Crippen molar-refractivity contribution < 1.29 is 9.90 Å². The fourth-order valence-electron chi connectivity index (χ4n) is 3.01. The predicted octanol–water partition coefficient (Wildman–Crippen LogP) is 2.69. The third-order valence-electron chi connectivity index (χ3n) is 4.21. The van der Waals surface area contributed by atoms with Crippen molar-refractivity contribution >= 4 is 5.78 Å². The topological polar surface area (TPSA) is 83.1 Å². The lowest BCUT2D eigenvalue weighted by molar-refractivity contribution is 0.0933. The van der Waals surface area contributed by atoms with Gasteiger partial charge >= 0.3 is 0 Å². The lowest BCUT2D eigenvalue weighted by Crippen LogP contribution is -2.29. The highest BCUT2D eigenvalue weighted by atomic mass is 16.3. The van der Waals surface area contributed by atoms with Crippen molar-refractivity contribution in [3.8, 4) is 11.9 Å². The van der Waals surface area contributed by atoms with Gasteiger partial charge in [-0.15, -0.1) is 0 Å². The van der Waals surface area contributed by atoms with Gasteiger partial charge in [-0.3, -0.25) is 14.2 Å². The first-order valence-corrected chi connectivity index (χ1v) is 7.32. The molecule has 1 saturated carbocycles. The van der Waals surface area contributed by atoms with Crippen molar-refractivity contribution in [2.24, 2.45) is 5.92 Å². The molecule has 0 bridgehead atoms. The Kier molecular flexibility index (Phi) is 4.17. The maximum absolute atomic E-state index is 12.4. The van der Waals surface area contributed by atoms with E-state index < -0.39 is 5.56 Å². The van der Waals surface area contributed by atoms with Crippen LogP contribution in [0.3, 0.4) is 0 Å². The van der Waals surface area contributed by atoms with Crippen LogP contribution in [-0.2, 0) is 0 Å². The molecular weight excluding hydrogens is 268 g/mol. The molecule has 0 saturated heterocycles. The van der Waals surface area contributed by atoms with Crippen molar-refractivity contribution in [2.45, 2.75) is 52.5 Å². The summed E-state index contributed by atoms with van der Waals surface area (Å²) >= 11 is 0. The lowest BCUT2D eigenvalue weighted by atomic mass is 9.95. The van der Waals surface area contributed by atoms with Crippen LogP contribution in [0.15, 0.2) is 4.79 Å². The molecule has 0 radical (unpaired) electrons. The van der Waals surface area contributed by atoms with Crippen molar-refractivity contribution in [3.63, 3.8) is 0 Å². The van der Waals surface area contributed by atoms with Crippen molar-refractivity contribution in [2.75, 3.05) is 0 Å². The first-order valence-electron chi connectivity index (χ1n) is 7.32. The summed E-state index contributed by atoms with van der Waals surface area (Å²) in [6.45, 7) is 5.02. The van der Waals surface area contributed by atoms with Crippen LogP contribution in [0.25, 0.3) is 0 Å². The summed E-state index contributed by atoms with van der Waals surface area (Å²) in [5, 5.41) is 19.7. The highest BCUT2D eigenvalue weighted by Gasteiger charge is 2.29. The summed E-state index contributed by atoms with van der Waals surface area (Å²) in [6, 6.07) is 1.77. The fourth-order valence-corrected chi connectivity index (χ4v) is 3.01. The van der Waals surface area contributed by atoms with Gasteiger partial charge in [-0.2, -0.15) is 5.26 Å². The number of hydrogen-bond acceptors (Lipinski definition) is 4. The van der Waals surface area contributed by atoms with Crippen LogP contribution >= 0.6 is 0 Å². The third kappa shape index (κ3) is 2.46. The highest BCUT2D eigenvalue weighted by Crippen LogP contribution is 2.34. The van der Waals surface area contributed by atoms with E-state index in [2.05, 4.69) is 0 Å². The first-order chi connectivity index (χ1) is 9.90. The van der Waals surface area contributed by atoms with Gasteiger partial charge in [0.25, 0.3) is 5.56 Å². The van der Waals surface area contributed by atoms with E-state index in [0.29, 0.717) is 0 Å². The van der Waals surface area contributed by atoms with Crippen LogP contribution in [0, 0.1) is 24.2 Å². The number of carbonyl (C=O) groups excluding carboxylic acids is 1. The van der Waals surface area contributed by atoms with E-state index in [-0.39, 0.29) is 40.3 Å². The second kappa shape index (κ2) is 5.72. The second-order valence-corrected chi connectivity index (χ2v) is 5.94. The van der Waals surface area contributed by atoms with E-state index >= 15 is 0 Å². The third-order valence-corrected chi connectivity index (χ3v) is 4.21. The molecule has 1 aromatic heterocycles. The Hall–Kier alpha value is -2.09. The minimum absolute atomic E-state index is 0.0382. The van der Waals surface area contributed by atoms with E-state index in [1.54, 1.807) is 20.8 Å². The Morgan fingerprint density at radius 1 is 1.38 bits per heavy atom. The number of ketones is 1. The van der Waals surface area contributed by atoms with Crippen LogP contribution < -0.4 is 5.56 Å². The normalized spacial score (nSPS) is 15.4. The second-order valence-electron chi connectivity index (χ2n) is 5.94. The van der Waals surface area contributed by atoms with E-state index in [0.717, 1.165) is 25.7 Å². The number of rotatable bonds is 3. The van der Waals surface area contributed by atoms with Gasteiger partial charge in [0.2, 0.25) is 5.88 Å². The van der Waals surface area contributed by atoms with Crippen LogP contribution in [0.1, 0.15) is 67.1 Å². The van der Waals surface area contributed by atoms with E-state index in [9.17, 15) is 20.0 Å². The summed E-state index contributed by atoms with van der Waals surface area (Å²) in [7, 11) is 0.